The molecule has 4 nitrogen and oxygen atoms in total. The molecule has 1 aliphatic heterocycles. The molecule has 1 aliphatic carbocycles. The molecule has 2 aliphatic rings. The minimum Gasteiger partial charge on any atom is -0.342 e. The molecule has 4 rings (SSSR count). The highest BCUT2D eigenvalue weighted by molar-refractivity contribution is 5.95. The summed E-state index contributed by atoms with van der Waals surface area (Å²) in [6.45, 7) is 6.48. The van der Waals surface area contributed by atoms with E-state index < -0.39 is 0 Å². The third kappa shape index (κ3) is 4.52. The van der Waals surface area contributed by atoms with Crippen molar-refractivity contribution in [3.05, 3.63) is 60.2 Å². The van der Waals surface area contributed by atoms with Crippen molar-refractivity contribution < 1.29 is 9.59 Å². The predicted octanol–water partition coefficient (Wildman–Crippen LogP) is 4.46. The van der Waals surface area contributed by atoms with Crippen molar-refractivity contribution >= 4 is 11.8 Å². The van der Waals surface area contributed by atoms with E-state index in [1.807, 2.05) is 52.3 Å². The summed E-state index contributed by atoms with van der Waals surface area (Å²) >= 11 is 0. The Kier molecular flexibility index (Phi) is 5.70. The molecular formula is C25H30N2O2. The van der Waals surface area contributed by atoms with Crippen LogP contribution in [0, 0.1) is 11.8 Å². The van der Waals surface area contributed by atoms with E-state index in [4.69, 9.17) is 0 Å². The Morgan fingerprint density at radius 1 is 0.966 bits per heavy atom. The van der Waals surface area contributed by atoms with Gasteiger partial charge in [-0.2, -0.15) is 0 Å². The molecular weight excluding hydrogens is 360 g/mol. The molecule has 0 aromatic heterocycles. The number of likely N-dealkylation sites (tertiary alicyclic amines) is 1. The normalized spacial score (nSPS) is 18.9. The Hall–Kier alpha value is -2.62. The van der Waals surface area contributed by atoms with Gasteiger partial charge in [-0.15, -0.1) is 0 Å². The maximum atomic E-state index is 13.2. The van der Waals surface area contributed by atoms with Crippen LogP contribution in [0.15, 0.2) is 54.6 Å². The van der Waals surface area contributed by atoms with Gasteiger partial charge < -0.3 is 9.80 Å². The fourth-order valence-electron chi connectivity index (χ4n) is 4.18. The monoisotopic (exact) mass is 390 g/mol. The Morgan fingerprint density at radius 3 is 2.24 bits per heavy atom. The van der Waals surface area contributed by atoms with Crippen LogP contribution < -0.4 is 0 Å². The summed E-state index contributed by atoms with van der Waals surface area (Å²) < 4.78 is 0. The Labute approximate surface area is 173 Å². The first-order chi connectivity index (χ1) is 14.0. The van der Waals surface area contributed by atoms with Crippen molar-refractivity contribution in [3.8, 4) is 11.1 Å². The summed E-state index contributed by atoms with van der Waals surface area (Å²) in [5, 5.41) is 0. The molecule has 1 atom stereocenters. The van der Waals surface area contributed by atoms with Gasteiger partial charge in [0.25, 0.3) is 5.91 Å². The molecule has 2 aromatic carbocycles. The molecule has 2 aromatic rings. The summed E-state index contributed by atoms with van der Waals surface area (Å²) in [5.74, 6) is 1.05. The molecule has 0 unspecified atom stereocenters. The average molecular weight is 391 g/mol. The lowest BCUT2D eigenvalue weighted by Crippen LogP contribution is -2.41. The van der Waals surface area contributed by atoms with Crippen LogP contribution in [0.1, 0.15) is 43.5 Å². The van der Waals surface area contributed by atoms with Gasteiger partial charge in [0.15, 0.2) is 0 Å². The van der Waals surface area contributed by atoms with E-state index >= 15 is 0 Å². The van der Waals surface area contributed by atoms with Crippen LogP contribution in [0.5, 0.6) is 0 Å². The van der Waals surface area contributed by atoms with E-state index in [-0.39, 0.29) is 17.9 Å². The Balaban J connectivity index is 1.41. The lowest BCUT2D eigenvalue weighted by Gasteiger charge is -2.30. The quantitative estimate of drug-likeness (QED) is 0.730. The molecule has 1 saturated heterocycles. The van der Waals surface area contributed by atoms with Crippen molar-refractivity contribution in [2.75, 3.05) is 19.6 Å². The number of carbonyl (C=O) groups is 2. The van der Waals surface area contributed by atoms with E-state index in [9.17, 15) is 9.59 Å². The van der Waals surface area contributed by atoms with Crippen LogP contribution in [-0.4, -0.2) is 47.3 Å². The van der Waals surface area contributed by atoms with Crippen molar-refractivity contribution in [2.45, 2.75) is 39.2 Å². The van der Waals surface area contributed by atoms with Crippen LogP contribution >= 0.6 is 0 Å². The first-order valence-electron chi connectivity index (χ1n) is 10.8. The topological polar surface area (TPSA) is 40.6 Å². The molecule has 152 valence electrons. The molecule has 1 heterocycles. The van der Waals surface area contributed by atoms with Crippen LogP contribution in [0.4, 0.5) is 0 Å². The summed E-state index contributed by atoms with van der Waals surface area (Å²) in [6.07, 6.45) is 3.09. The molecule has 2 fully saturated rings. The zero-order chi connectivity index (χ0) is 20.4. The molecule has 0 N–H and O–H groups in total. The molecule has 0 spiro atoms. The van der Waals surface area contributed by atoms with E-state index in [1.165, 1.54) is 0 Å². The van der Waals surface area contributed by atoms with Gasteiger partial charge >= 0.3 is 0 Å². The minimum absolute atomic E-state index is 0.0755. The third-order valence-corrected chi connectivity index (χ3v) is 6.10. The highest BCUT2D eigenvalue weighted by Crippen LogP contribution is 2.33. The van der Waals surface area contributed by atoms with Crippen LogP contribution in [0.3, 0.4) is 0 Å². The summed E-state index contributed by atoms with van der Waals surface area (Å²) in [6, 6.07) is 18.2. The maximum absolute atomic E-state index is 13.2. The average Bonchev–Trinajstić information content (AvgIpc) is 3.49. The van der Waals surface area contributed by atoms with Gasteiger partial charge in [-0.25, -0.2) is 0 Å². The van der Waals surface area contributed by atoms with Gasteiger partial charge in [0, 0.05) is 37.2 Å². The number of benzene rings is 2. The van der Waals surface area contributed by atoms with E-state index in [0.29, 0.717) is 18.4 Å². The second-order valence-electron chi connectivity index (χ2n) is 8.71. The van der Waals surface area contributed by atoms with E-state index in [0.717, 1.165) is 49.0 Å². The van der Waals surface area contributed by atoms with Crippen LogP contribution in [0.2, 0.25) is 0 Å². The number of amides is 2. The second-order valence-corrected chi connectivity index (χ2v) is 8.71. The largest absolute Gasteiger partial charge is 0.342 e. The Bertz CT molecular complexity index is 856. The van der Waals surface area contributed by atoms with Gasteiger partial charge in [-0.05, 0) is 62.3 Å². The summed E-state index contributed by atoms with van der Waals surface area (Å²) in [7, 11) is 0. The van der Waals surface area contributed by atoms with Crippen LogP contribution in [-0.2, 0) is 4.79 Å². The van der Waals surface area contributed by atoms with Crippen molar-refractivity contribution in [2.24, 2.45) is 11.8 Å². The molecule has 2 amide bonds. The number of hydrogen-bond acceptors (Lipinski definition) is 2. The number of carbonyl (C=O) groups excluding carboxylic acids is 2. The first kappa shape index (κ1) is 19.7. The Morgan fingerprint density at radius 2 is 1.62 bits per heavy atom. The smallest absolute Gasteiger partial charge is 0.254 e. The highest BCUT2D eigenvalue weighted by atomic mass is 16.2. The zero-order valence-electron chi connectivity index (χ0n) is 17.4. The lowest BCUT2D eigenvalue weighted by atomic mass is 10.0. The lowest BCUT2D eigenvalue weighted by molar-refractivity contribution is -0.131. The summed E-state index contributed by atoms with van der Waals surface area (Å²) in [4.78, 5) is 29.5. The number of nitrogens with zero attached hydrogens (tertiary/aromatic N) is 2. The predicted molar refractivity (Wildman–Crippen MR) is 115 cm³/mol. The van der Waals surface area contributed by atoms with Gasteiger partial charge in [-0.1, -0.05) is 42.5 Å². The van der Waals surface area contributed by atoms with E-state index in [1.54, 1.807) is 0 Å². The minimum atomic E-state index is 0.0755. The molecule has 0 radical (unpaired) electrons. The van der Waals surface area contributed by atoms with Gasteiger partial charge in [-0.3, -0.25) is 9.59 Å². The van der Waals surface area contributed by atoms with Crippen molar-refractivity contribution in [3.63, 3.8) is 0 Å². The van der Waals surface area contributed by atoms with Crippen molar-refractivity contribution in [1.82, 2.24) is 9.80 Å². The van der Waals surface area contributed by atoms with Gasteiger partial charge in [0.2, 0.25) is 5.91 Å². The molecule has 29 heavy (non-hydrogen) atoms. The highest BCUT2D eigenvalue weighted by Gasteiger charge is 2.37. The zero-order valence-corrected chi connectivity index (χ0v) is 17.4. The molecule has 4 heteroatoms. The van der Waals surface area contributed by atoms with E-state index in [2.05, 4.69) is 26.0 Å². The fourth-order valence-corrected chi connectivity index (χ4v) is 4.18. The number of hydrogen-bond donors (Lipinski definition) is 0. The van der Waals surface area contributed by atoms with Crippen molar-refractivity contribution in [1.29, 1.82) is 0 Å². The van der Waals surface area contributed by atoms with Crippen LogP contribution in [0.25, 0.3) is 11.1 Å². The third-order valence-electron chi connectivity index (χ3n) is 6.10. The molecule has 0 bridgehead atoms. The molecule has 1 saturated carbocycles. The number of rotatable bonds is 6. The first-order valence-corrected chi connectivity index (χ1v) is 10.8. The maximum Gasteiger partial charge on any atom is 0.254 e. The second kappa shape index (κ2) is 8.40. The standard InChI is InChI=1S/C25H30N2O2/c1-18(2)27(17-19-14-15-26(16-19)24(28)22-12-13-22)25(29)23-10-8-21(9-11-23)20-6-4-3-5-7-20/h3-11,18-19,22H,12-17H2,1-2H3/t19-/m0/s1. The van der Waals surface area contributed by atoms with Gasteiger partial charge in [0.1, 0.15) is 0 Å². The summed E-state index contributed by atoms with van der Waals surface area (Å²) in [5.41, 5.74) is 2.99. The SMILES string of the molecule is CC(C)N(C[C@H]1CCN(C(=O)C2CC2)C1)C(=O)c1ccc(-c2ccccc2)cc1. The fraction of sp³-hybridized carbons (Fsp3) is 0.440. The van der Waals surface area contributed by atoms with Gasteiger partial charge in [0.05, 0.1) is 0 Å².